The normalized spacial score (nSPS) is 12.1. The van der Waals surface area contributed by atoms with Gasteiger partial charge in [-0.2, -0.15) is 0 Å². The fourth-order valence-corrected chi connectivity index (χ4v) is 5.17. The lowest BCUT2D eigenvalue weighted by Crippen LogP contribution is -2.42. The molecule has 34 heavy (non-hydrogen) atoms. The zero-order valence-corrected chi connectivity index (χ0v) is 20.9. The summed E-state index contributed by atoms with van der Waals surface area (Å²) >= 11 is 0. The fraction of sp³-hybridized carbons (Fsp3) is 0.296. The number of benzene rings is 3. The molecule has 0 heterocycles. The molecule has 3 rings (SSSR count). The number of carbonyl (C=O) groups excluding carboxylic acids is 1. The van der Waals surface area contributed by atoms with E-state index >= 15 is 0 Å². The molecule has 180 valence electrons. The predicted molar refractivity (Wildman–Crippen MR) is 136 cm³/mol. The van der Waals surface area contributed by atoms with Crippen molar-refractivity contribution in [2.45, 2.75) is 45.1 Å². The van der Waals surface area contributed by atoms with Gasteiger partial charge in [0.15, 0.2) is 0 Å². The van der Waals surface area contributed by atoms with Gasteiger partial charge in [0.25, 0.3) is 10.0 Å². The van der Waals surface area contributed by atoms with Crippen molar-refractivity contribution in [1.82, 2.24) is 5.32 Å². The Morgan fingerprint density at radius 1 is 0.971 bits per heavy atom. The van der Waals surface area contributed by atoms with Crippen molar-refractivity contribution in [2.75, 3.05) is 17.5 Å². The van der Waals surface area contributed by atoms with Gasteiger partial charge in [0, 0.05) is 0 Å². The molecule has 0 saturated carbocycles. The molecule has 3 aromatic rings. The quantitative estimate of drug-likeness (QED) is 0.442. The second-order valence-corrected chi connectivity index (χ2v) is 9.96. The van der Waals surface area contributed by atoms with Crippen molar-refractivity contribution < 1.29 is 17.9 Å². The number of anilines is 1. The van der Waals surface area contributed by atoms with E-state index in [1.807, 2.05) is 64.1 Å². The summed E-state index contributed by atoms with van der Waals surface area (Å²) in [6.07, 6.45) is 0.639. The fourth-order valence-electron chi connectivity index (χ4n) is 3.71. The molecule has 6 nitrogen and oxygen atoms in total. The second kappa shape index (κ2) is 11.2. The van der Waals surface area contributed by atoms with Crippen LogP contribution in [-0.4, -0.2) is 27.5 Å². The van der Waals surface area contributed by atoms with Crippen molar-refractivity contribution in [3.63, 3.8) is 0 Å². The van der Waals surface area contributed by atoms with E-state index in [-0.39, 0.29) is 23.4 Å². The number of rotatable bonds is 10. The smallest absolute Gasteiger partial charge is 0.264 e. The van der Waals surface area contributed by atoms with Crippen LogP contribution in [0.25, 0.3) is 0 Å². The Bertz CT molecular complexity index is 1210. The van der Waals surface area contributed by atoms with Gasteiger partial charge < -0.3 is 10.1 Å². The van der Waals surface area contributed by atoms with Gasteiger partial charge in [-0.25, -0.2) is 8.42 Å². The van der Waals surface area contributed by atoms with Gasteiger partial charge in [0.05, 0.1) is 23.2 Å². The Morgan fingerprint density at radius 3 is 2.24 bits per heavy atom. The van der Waals surface area contributed by atoms with Crippen molar-refractivity contribution in [2.24, 2.45) is 0 Å². The third-order valence-corrected chi connectivity index (χ3v) is 7.38. The van der Waals surface area contributed by atoms with Crippen LogP contribution in [0, 0.1) is 6.92 Å². The second-order valence-electron chi connectivity index (χ2n) is 8.10. The van der Waals surface area contributed by atoms with Gasteiger partial charge in [0.1, 0.15) is 12.3 Å². The van der Waals surface area contributed by atoms with Crippen molar-refractivity contribution in [3.8, 4) is 5.75 Å². The molecule has 1 N–H and O–H groups in total. The maximum absolute atomic E-state index is 13.6. The highest BCUT2D eigenvalue weighted by Gasteiger charge is 2.29. The summed E-state index contributed by atoms with van der Waals surface area (Å²) in [6, 6.07) is 21.1. The van der Waals surface area contributed by atoms with Gasteiger partial charge in [-0.3, -0.25) is 9.10 Å². The number of para-hydroxylation sites is 1. The number of hydrogen-bond acceptors (Lipinski definition) is 4. The number of amides is 1. The van der Waals surface area contributed by atoms with Crippen LogP contribution in [0.3, 0.4) is 0 Å². The van der Waals surface area contributed by atoms with E-state index < -0.39 is 10.0 Å². The zero-order valence-electron chi connectivity index (χ0n) is 20.1. The standard InChI is InChI=1S/C27H32N2O4S/c1-5-22-9-7-8-10-26(22)29(34(31,32)25-17-11-20(3)12-18-25)19-27(30)28-21(4)23-13-15-24(16-14-23)33-6-2/h7-18,21H,5-6,19H2,1-4H3,(H,28,30)/t21-/m0/s1. The minimum absolute atomic E-state index is 0.149. The molecule has 0 aliphatic carbocycles. The van der Waals surface area contributed by atoms with Crippen LogP contribution in [0.15, 0.2) is 77.7 Å². The molecule has 1 amide bonds. The highest BCUT2D eigenvalue weighted by molar-refractivity contribution is 7.92. The molecular weight excluding hydrogens is 448 g/mol. The Balaban J connectivity index is 1.88. The van der Waals surface area contributed by atoms with E-state index in [1.54, 1.807) is 36.4 Å². The average molecular weight is 481 g/mol. The number of nitrogens with one attached hydrogen (secondary N) is 1. The number of nitrogens with zero attached hydrogens (tertiary/aromatic N) is 1. The molecule has 0 unspecified atom stereocenters. The Kier molecular flexibility index (Phi) is 8.34. The van der Waals surface area contributed by atoms with Crippen LogP contribution >= 0.6 is 0 Å². The summed E-state index contributed by atoms with van der Waals surface area (Å²) in [5.74, 6) is 0.374. The number of ether oxygens (including phenoxy) is 1. The summed E-state index contributed by atoms with van der Waals surface area (Å²) in [5.41, 5.74) is 3.22. The van der Waals surface area contributed by atoms with Gasteiger partial charge in [-0.15, -0.1) is 0 Å². The minimum atomic E-state index is -3.95. The molecule has 0 aliphatic rings. The first kappa shape index (κ1) is 25.3. The lowest BCUT2D eigenvalue weighted by molar-refractivity contribution is -0.120. The van der Waals surface area contributed by atoms with Crippen LogP contribution in [0.5, 0.6) is 5.75 Å². The van der Waals surface area contributed by atoms with Crippen LogP contribution in [0.2, 0.25) is 0 Å². The molecule has 0 fully saturated rings. The number of hydrogen-bond donors (Lipinski definition) is 1. The van der Waals surface area contributed by atoms with E-state index in [0.29, 0.717) is 18.7 Å². The van der Waals surface area contributed by atoms with E-state index in [1.165, 1.54) is 4.31 Å². The molecular formula is C27H32N2O4S. The first-order chi connectivity index (χ1) is 16.3. The van der Waals surface area contributed by atoms with Crippen molar-refractivity contribution >= 4 is 21.6 Å². The van der Waals surface area contributed by atoms with E-state index in [0.717, 1.165) is 22.4 Å². The van der Waals surface area contributed by atoms with Crippen molar-refractivity contribution in [1.29, 1.82) is 0 Å². The molecule has 0 radical (unpaired) electrons. The van der Waals surface area contributed by atoms with Gasteiger partial charge in [-0.1, -0.05) is 55.0 Å². The molecule has 7 heteroatoms. The van der Waals surface area contributed by atoms with Crippen LogP contribution in [0.4, 0.5) is 5.69 Å². The lowest BCUT2D eigenvalue weighted by Gasteiger charge is -2.27. The van der Waals surface area contributed by atoms with Crippen LogP contribution in [0.1, 0.15) is 43.5 Å². The molecule has 0 spiro atoms. The molecule has 0 aliphatic heterocycles. The minimum Gasteiger partial charge on any atom is -0.494 e. The molecule has 3 aromatic carbocycles. The van der Waals surface area contributed by atoms with E-state index in [4.69, 9.17) is 4.74 Å². The number of aryl methyl sites for hydroxylation is 2. The highest BCUT2D eigenvalue weighted by atomic mass is 32.2. The Labute approximate surface area is 202 Å². The maximum atomic E-state index is 13.6. The van der Waals surface area contributed by atoms with Crippen LogP contribution < -0.4 is 14.4 Å². The molecule has 1 atom stereocenters. The van der Waals surface area contributed by atoms with Crippen molar-refractivity contribution in [3.05, 3.63) is 89.5 Å². The SMILES string of the molecule is CCOc1ccc([C@H](C)NC(=O)CN(c2ccccc2CC)S(=O)(=O)c2ccc(C)cc2)cc1. The van der Waals surface area contributed by atoms with Gasteiger partial charge in [-0.05, 0) is 68.7 Å². The highest BCUT2D eigenvalue weighted by Crippen LogP contribution is 2.28. The summed E-state index contributed by atoms with van der Waals surface area (Å²) in [4.78, 5) is 13.2. The van der Waals surface area contributed by atoms with Gasteiger partial charge >= 0.3 is 0 Å². The Hall–Kier alpha value is -3.32. The summed E-state index contributed by atoms with van der Waals surface area (Å²) in [5, 5.41) is 2.93. The van der Waals surface area contributed by atoms with E-state index in [2.05, 4.69) is 5.32 Å². The summed E-state index contributed by atoms with van der Waals surface area (Å²) < 4.78 is 33.9. The average Bonchev–Trinajstić information content (AvgIpc) is 2.83. The molecule has 0 bridgehead atoms. The summed E-state index contributed by atoms with van der Waals surface area (Å²) in [7, 11) is -3.95. The van der Waals surface area contributed by atoms with Crippen LogP contribution in [-0.2, 0) is 21.2 Å². The van der Waals surface area contributed by atoms with E-state index in [9.17, 15) is 13.2 Å². The zero-order chi connectivity index (χ0) is 24.7. The number of carbonyl (C=O) groups is 1. The molecule has 0 saturated heterocycles. The predicted octanol–water partition coefficient (Wildman–Crippen LogP) is 5.03. The first-order valence-electron chi connectivity index (χ1n) is 11.5. The maximum Gasteiger partial charge on any atom is 0.264 e. The lowest BCUT2D eigenvalue weighted by atomic mass is 10.1. The third-order valence-electron chi connectivity index (χ3n) is 5.61. The topological polar surface area (TPSA) is 75.7 Å². The third kappa shape index (κ3) is 5.97. The molecule has 0 aromatic heterocycles. The largest absolute Gasteiger partial charge is 0.494 e. The monoisotopic (exact) mass is 480 g/mol. The van der Waals surface area contributed by atoms with Gasteiger partial charge in [0.2, 0.25) is 5.91 Å². The number of sulfonamides is 1. The first-order valence-corrected chi connectivity index (χ1v) is 12.9. The Morgan fingerprint density at radius 2 is 1.62 bits per heavy atom. The summed E-state index contributed by atoms with van der Waals surface area (Å²) in [6.45, 7) is 7.90.